The Hall–Kier alpha value is -0.590. The molecule has 1 heteroatoms. The number of allylic oxidation sites excluding steroid dienone is 1. The molecule has 0 heterocycles. The van der Waals surface area contributed by atoms with E-state index in [0.29, 0.717) is 5.78 Å². The molecule has 0 aromatic heterocycles. The monoisotopic (exact) mass is 208 g/mol. The predicted octanol–water partition coefficient (Wildman–Crippen LogP) is 4.27. The first-order chi connectivity index (χ1) is 7.10. The molecule has 1 rings (SSSR count). The van der Waals surface area contributed by atoms with Crippen molar-refractivity contribution in [3.8, 4) is 0 Å². The van der Waals surface area contributed by atoms with Gasteiger partial charge in [-0.15, -0.1) is 0 Å². The molecule has 0 aromatic rings. The molecule has 0 atom stereocenters. The number of carbonyl (C=O) groups is 1. The van der Waals surface area contributed by atoms with E-state index >= 15 is 0 Å². The van der Waals surface area contributed by atoms with Crippen LogP contribution < -0.4 is 0 Å². The largest absolute Gasteiger partial charge is 0.300 e. The quantitative estimate of drug-likeness (QED) is 0.430. The van der Waals surface area contributed by atoms with E-state index < -0.39 is 0 Å². The van der Waals surface area contributed by atoms with Crippen molar-refractivity contribution < 1.29 is 4.79 Å². The molecule has 86 valence electrons. The van der Waals surface area contributed by atoms with Gasteiger partial charge in [0.15, 0.2) is 0 Å². The van der Waals surface area contributed by atoms with Gasteiger partial charge >= 0.3 is 0 Å². The van der Waals surface area contributed by atoms with Crippen LogP contribution in [-0.2, 0) is 4.79 Å². The number of Topliss-reactive ketones (excluding diaryl/α,β-unsaturated/α-hetero) is 1. The Morgan fingerprint density at radius 3 is 2.40 bits per heavy atom. The third kappa shape index (κ3) is 3.81. The van der Waals surface area contributed by atoms with Crippen LogP contribution in [0.2, 0.25) is 0 Å². The van der Waals surface area contributed by atoms with E-state index in [4.69, 9.17) is 0 Å². The number of ketones is 1. The van der Waals surface area contributed by atoms with Crippen molar-refractivity contribution in [2.24, 2.45) is 5.41 Å². The summed E-state index contributed by atoms with van der Waals surface area (Å²) in [5.74, 6) is 0.321. The van der Waals surface area contributed by atoms with E-state index in [-0.39, 0.29) is 5.41 Å². The lowest BCUT2D eigenvalue weighted by Crippen LogP contribution is -2.09. The van der Waals surface area contributed by atoms with E-state index in [2.05, 4.69) is 13.5 Å². The van der Waals surface area contributed by atoms with Crippen molar-refractivity contribution in [2.45, 2.75) is 65.2 Å². The van der Waals surface area contributed by atoms with Gasteiger partial charge in [0.05, 0.1) is 0 Å². The topological polar surface area (TPSA) is 17.1 Å². The summed E-state index contributed by atoms with van der Waals surface area (Å²) in [7, 11) is 0. The fourth-order valence-electron chi connectivity index (χ4n) is 2.31. The van der Waals surface area contributed by atoms with Crippen molar-refractivity contribution in [3.05, 3.63) is 12.2 Å². The highest BCUT2D eigenvalue weighted by Crippen LogP contribution is 2.55. The SMILES string of the molecule is C=C(CCCCCC)C1(CC(C)=O)CC1. The molecule has 1 nitrogen and oxygen atoms in total. The lowest BCUT2D eigenvalue weighted by molar-refractivity contribution is -0.117. The van der Waals surface area contributed by atoms with Crippen LogP contribution in [0.5, 0.6) is 0 Å². The second kappa shape index (κ2) is 5.48. The second-order valence-corrected chi connectivity index (χ2v) is 5.07. The fraction of sp³-hybridized carbons (Fsp3) is 0.786. The normalized spacial score (nSPS) is 17.5. The van der Waals surface area contributed by atoms with Crippen LogP contribution in [0.1, 0.15) is 65.2 Å². The molecule has 0 saturated heterocycles. The smallest absolute Gasteiger partial charge is 0.130 e. The van der Waals surface area contributed by atoms with Crippen LogP contribution in [0.3, 0.4) is 0 Å². The van der Waals surface area contributed by atoms with Gasteiger partial charge in [0, 0.05) is 6.42 Å². The number of hydrogen-bond acceptors (Lipinski definition) is 1. The number of unbranched alkanes of at least 4 members (excludes halogenated alkanes) is 3. The van der Waals surface area contributed by atoms with Crippen molar-refractivity contribution in [1.82, 2.24) is 0 Å². The van der Waals surface area contributed by atoms with E-state index in [1.165, 1.54) is 44.1 Å². The van der Waals surface area contributed by atoms with Gasteiger partial charge in [-0.05, 0) is 38.0 Å². The van der Waals surface area contributed by atoms with Crippen LogP contribution in [0.25, 0.3) is 0 Å². The van der Waals surface area contributed by atoms with Crippen molar-refractivity contribution in [3.63, 3.8) is 0 Å². The molecule has 1 saturated carbocycles. The lowest BCUT2D eigenvalue weighted by atomic mass is 9.88. The zero-order valence-corrected chi connectivity index (χ0v) is 10.3. The van der Waals surface area contributed by atoms with Crippen molar-refractivity contribution in [1.29, 1.82) is 0 Å². The molecular formula is C14H24O. The van der Waals surface area contributed by atoms with Gasteiger partial charge < -0.3 is 0 Å². The van der Waals surface area contributed by atoms with Crippen LogP contribution in [0.4, 0.5) is 0 Å². The summed E-state index contributed by atoms with van der Waals surface area (Å²) in [5, 5.41) is 0. The summed E-state index contributed by atoms with van der Waals surface area (Å²) >= 11 is 0. The maximum absolute atomic E-state index is 11.1. The number of carbonyl (C=O) groups excluding carboxylic acids is 1. The Morgan fingerprint density at radius 2 is 1.93 bits per heavy atom. The van der Waals surface area contributed by atoms with Crippen molar-refractivity contribution in [2.75, 3.05) is 0 Å². The van der Waals surface area contributed by atoms with Gasteiger partial charge in [0.2, 0.25) is 0 Å². The van der Waals surface area contributed by atoms with Crippen LogP contribution >= 0.6 is 0 Å². The third-order valence-electron chi connectivity index (χ3n) is 3.52. The molecule has 0 spiro atoms. The Balaban J connectivity index is 2.24. The minimum Gasteiger partial charge on any atom is -0.300 e. The maximum Gasteiger partial charge on any atom is 0.130 e. The highest BCUT2D eigenvalue weighted by atomic mass is 16.1. The fourth-order valence-corrected chi connectivity index (χ4v) is 2.31. The molecule has 0 amide bonds. The van der Waals surface area contributed by atoms with Crippen LogP contribution in [0, 0.1) is 5.41 Å². The molecule has 0 aliphatic heterocycles. The van der Waals surface area contributed by atoms with Crippen LogP contribution in [0.15, 0.2) is 12.2 Å². The molecule has 0 radical (unpaired) electrons. The summed E-state index contributed by atoms with van der Waals surface area (Å²) in [6.45, 7) is 8.12. The summed E-state index contributed by atoms with van der Waals surface area (Å²) < 4.78 is 0. The summed E-state index contributed by atoms with van der Waals surface area (Å²) in [6, 6.07) is 0. The van der Waals surface area contributed by atoms with E-state index in [9.17, 15) is 4.79 Å². The minimum absolute atomic E-state index is 0.234. The molecule has 15 heavy (non-hydrogen) atoms. The van der Waals surface area contributed by atoms with E-state index in [0.717, 1.165) is 12.8 Å². The van der Waals surface area contributed by atoms with Gasteiger partial charge in [0.1, 0.15) is 5.78 Å². The average Bonchev–Trinajstić information content (AvgIpc) is 2.92. The van der Waals surface area contributed by atoms with E-state index in [1.54, 1.807) is 6.92 Å². The highest BCUT2D eigenvalue weighted by Gasteiger charge is 2.45. The van der Waals surface area contributed by atoms with E-state index in [1.807, 2.05) is 0 Å². The van der Waals surface area contributed by atoms with Gasteiger partial charge in [0.25, 0.3) is 0 Å². The minimum atomic E-state index is 0.234. The van der Waals surface area contributed by atoms with Crippen molar-refractivity contribution >= 4 is 5.78 Å². The number of rotatable bonds is 8. The van der Waals surface area contributed by atoms with Crippen LogP contribution in [-0.4, -0.2) is 5.78 Å². The Morgan fingerprint density at radius 1 is 1.27 bits per heavy atom. The molecule has 1 aliphatic carbocycles. The maximum atomic E-state index is 11.1. The van der Waals surface area contributed by atoms with Gasteiger partial charge in [-0.1, -0.05) is 38.3 Å². The molecule has 0 N–H and O–H groups in total. The zero-order valence-electron chi connectivity index (χ0n) is 10.3. The molecular weight excluding hydrogens is 184 g/mol. The molecule has 1 aliphatic rings. The first-order valence-electron chi connectivity index (χ1n) is 6.28. The molecule has 0 unspecified atom stereocenters. The molecule has 0 bridgehead atoms. The number of hydrogen-bond donors (Lipinski definition) is 0. The van der Waals surface area contributed by atoms with Gasteiger partial charge in [-0.25, -0.2) is 0 Å². The van der Waals surface area contributed by atoms with Gasteiger partial charge in [-0.2, -0.15) is 0 Å². The zero-order chi connectivity index (χ0) is 11.3. The third-order valence-corrected chi connectivity index (χ3v) is 3.52. The Labute approximate surface area is 93.9 Å². The first kappa shape index (κ1) is 12.5. The Kier molecular flexibility index (Phi) is 4.56. The second-order valence-electron chi connectivity index (χ2n) is 5.07. The molecule has 0 aromatic carbocycles. The average molecular weight is 208 g/mol. The predicted molar refractivity (Wildman–Crippen MR) is 64.9 cm³/mol. The Bertz CT molecular complexity index is 236. The lowest BCUT2D eigenvalue weighted by Gasteiger charge is -2.16. The summed E-state index contributed by atoms with van der Waals surface area (Å²) in [6.07, 6.45) is 9.43. The highest BCUT2D eigenvalue weighted by molar-refractivity contribution is 5.77. The standard InChI is InChI=1S/C14H24O/c1-4-5-6-7-8-12(2)14(9-10-14)11-13(3)15/h2,4-11H2,1,3H3. The van der Waals surface area contributed by atoms with Gasteiger partial charge in [-0.3, -0.25) is 4.79 Å². The summed E-state index contributed by atoms with van der Waals surface area (Å²) in [5.41, 5.74) is 1.58. The molecule has 1 fully saturated rings. The summed E-state index contributed by atoms with van der Waals surface area (Å²) in [4.78, 5) is 11.1. The first-order valence-corrected chi connectivity index (χ1v) is 6.28.